The monoisotopic (exact) mass is 421 g/mol. The van der Waals surface area contributed by atoms with E-state index >= 15 is 0 Å². The zero-order valence-corrected chi connectivity index (χ0v) is 15.3. The summed E-state index contributed by atoms with van der Waals surface area (Å²) < 4.78 is 85.0. The van der Waals surface area contributed by atoms with Gasteiger partial charge in [-0.25, -0.2) is 15.1 Å². The van der Waals surface area contributed by atoms with Crippen LogP contribution in [0, 0.1) is 6.92 Å². The Bertz CT molecular complexity index is 1130. The fourth-order valence-electron chi connectivity index (χ4n) is 3.30. The van der Waals surface area contributed by atoms with Crippen LogP contribution in [-0.4, -0.2) is 27.3 Å². The average Bonchev–Trinajstić information content (AvgIpc) is 2.62. The SMILES string of the molecule is Cc1ccccc1C1=[NH+]C(C(F)(F)F)(C(F)(F)F)c2c(n(C)c(=O)n(C)c2=O)N1. The van der Waals surface area contributed by atoms with Crippen LogP contribution in [0.25, 0.3) is 0 Å². The largest absolute Gasteiger partial charge is 0.446 e. The molecule has 29 heavy (non-hydrogen) atoms. The van der Waals surface area contributed by atoms with E-state index in [1.165, 1.54) is 30.1 Å². The van der Waals surface area contributed by atoms with Gasteiger partial charge in [0.15, 0.2) is 0 Å². The quantitative estimate of drug-likeness (QED) is 0.665. The van der Waals surface area contributed by atoms with Crippen molar-refractivity contribution in [1.82, 2.24) is 9.13 Å². The summed E-state index contributed by atoms with van der Waals surface area (Å²) in [5, 5.41) is 2.39. The number of benzene rings is 1. The number of alkyl halides is 6. The van der Waals surface area contributed by atoms with E-state index in [0.29, 0.717) is 10.1 Å². The molecular weight excluding hydrogens is 406 g/mol. The van der Waals surface area contributed by atoms with Gasteiger partial charge in [0.25, 0.3) is 11.4 Å². The number of hydrogen-bond acceptors (Lipinski definition) is 3. The van der Waals surface area contributed by atoms with Gasteiger partial charge < -0.3 is 0 Å². The van der Waals surface area contributed by atoms with Crippen molar-refractivity contribution in [2.75, 3.05) is 5.32 Å². The summed E-state index contributed by atoms with van der Waals surface area (Å²) in [4.78, 5) is 26.1. The Morgan fingerprint density at radius 2 is 1.52 bits per heavy atom. The minimum atomic E-state index is -5.96. The van der Waals surface area contributed by atoms with Crippen molar-refractivity contribution in [2.45, 2.75) is 24.8 Å². The minimum absolute atomic E-state index is 0.0177. The molecule has 0 unspecified atom stereocenters. The Morgan fingerprint density at radius 1 is 0.966 bits per heavy atom. The number of hydrogen-bond donors (Lipinski definition) is 2. The first-order valence-corrected chi connectivity index (χ1v) is 8.16. The van der Waals surface area contributed by atoms with E-state index in [1.54, 1.807) is 6.07 Å². The molecule has 0 atom stereocenters. The van der Waals surface area contributed by atoms with Crippen LogP contribution in [0.1, 0.15) is 16.7 Å². The molecular formula is C17H15F6N4O2+. The molecule has 0 aliphatic carbocycles. The molecule has 1 aliphatic rings. The third-order valence-electron chi connectivity index (χ3n) is 4.86. The zero-order chi connectivity index (χ0) is 21.9. The number of fused-ring (bicyclic) bond motifs is 1. The molecule has 2 N–H and O–H groups in total. The fraction of sp³-hybridized carbons (Fsp3) is 0.353. The van der Waals surface area contributed by atoms with E-state index in [9.17, 15) is 35.9 Å². The van der Waals surface area contributed by atoms with Crippen LogP contribution in [0.2, 0.25) is 0 Å². The Morgan fingerprint density at radius 3 is 2.03 bits per heavy atom. The van der Waals surface area contributed by atoms with Crippen LogP contribution in [0.3, 0.4) is 0 Å². The number of aromatic nitrogens is 2. The Hall–Kier alpha value is -3.05. The molecule has 3 rings (SSSR count). The maximum Gasteiger partial charge on any atom is 0.446 e. The van der Waals surface area contributed by atoms with E-state index in [0.717, 1.165) is 14.1 Å². The lowest BCUT2D eigenvalue weighted by molar-refractivity contribution is -0.658. The zero-order valence-electron chi connectivity index (χ0n) is 15.3. The number of halogens is 6. The lowest BCUT2D eigenvalue weighted by atomic mass is 9.87. The molecule has 1 aromatic carbocycles. The van der Waals surface area contributed by atoms with E-state index in [1.807, 2.05) is 0 Å². The lowest BCUT2D eigenvalue weighted by Crippen LogP contribution is -2.97. The van der Waals surface area contributed by atoms with Crippen LogP contribution in [0.4, 0.5) is 32.2 Å². The van der Waals surface area contributed by atoms with Crippen molar-refractivity contribution in [2.24, 2.45) is 14.1 Å². The summed E-state index contributed by atoms with van der Waals surface area (Å²) in [6.07, 6.45) is -11.9. The predicted molar refractivity (Wildman–Crippen MR) is 90.6 cm³/mol. The van der Waals surface area contributed by atoms with Gasteiger partial charge in [0.2, 0.25) is 5.82 Å². The summed E-state index contributed by atoms with van der Waals surface area (Å²) in [5.41, 5.74) is -8.77. The second-order valence-electron chi connectivity index (χ2n) is 6.61. The lowest BCUT2D eigenvalue weighted by Gasteiger charge is -2.35. The van der Waals surface area contributed by atoms with Gasteiger partial charge in [-0.2, -0.15) is 26.3 Å². The molecule has 0 amide bonds. The molecule has 156 valence electrons. The van der Waals surface area contributed by atoms with Crippen molar-refractivity contribution in [3.05, 3.63) is 61.8 Å². The summed E-state index contributed by atoms with van der Waals surface area (Å²) >= 11 is 0. The normalized spacial score (nSPS) is 16.1. The number of aryl methyl sites for hydroxylation is 1. The number of nitrogens with zero attached hydrogens (tertiary/aromatic N) is 2. The molecule has 1 aromatic heterocycles. The fourth-order valence-corrected chi connectivity index (χ4v) is 3.30. The first-order chi connectivity index (χ1) is 13.2. The Labute approximate surface area is 159 Å². The third-order valence-corrected chi connectivity index (χ3v) is 4.86. The molecule has 0 fully saturated rings. The summed E-state index contributed by atoms with van der Waals surface area (Å²) in [6.45, 7) is 1.49. The molecule has 2 aromatic rings. The molecule has 12 heteroatoms. The van der Waals surface area contributed by atoms with Gasteiger partial charge in [0.1, 0.15) is 5.56 Å². The predicted octanol–water partition coefficient (Wildman–Crippen LogP) is 0.665. The Balaban J connectivity index is 2.56. The highest BCUT2D eigenvalue weighted by Crippen LogP contribution is 2.48. The van der Waals surface area contributed by atoms with Gasteiger partial charge in [0, 0.05) is 14.1 Å². The smallest absolute Gasteiger partial charge is 0.268 e. The number of amidine groups is 1. The van der Waals surface area contributed by atoms with E-state index in [2.05, 4.69) is 5.32 Å². The molecule has 0 radical (unpaired) electrons. The highest BCUT2D eigenvalue weighted by atomic mass is 19.4. The first-order valence-electron chi connectivity index (χ1n) is 8.16. The molecule has 0 saturated heterocycles. The molecule has 0 bridgehead atoms. The molecule has 2 heterocycles. The van der Waals surface area contributed by atoms with Gasteiger partial charge >= 0.3 is 23.6 Å². The minimum Gasteiger partial charge on any atom is -0.268 e. The summed E-state index contributed by atoms with van der Waals surface area (Å²) in [7, 11) is 1.79. The third kappa shape index (κ3) is 2.76. The van der Waals surface area contributed by atoms with Gasteiger partial charge in [0.05, 0.1) is 5.56 Å². The van der Waals surface area contributed by atoms with Gasteiger partial charge in [-0.05, 0) is 18.6 Å². The van der Waals surface area contributed by atoms with Crippen LogP contribution in [0.15, 0.2) is 33.9 Å². The summed E-state index contributed by atoms with van der Waals surface area (Å²) in [5.74, 6) is -1.52. The highest BCUT2D eigenvalue weighted by Gasteiger charge is 2.78. The molecule has 6 nitrogen and oxygen atoms in total. The first kappa shape index (κ1) is 20.7. The molecule has 1 aliphatic heterocycles. The second kappa shape index (κ2) is 6.22. The summed E-state index contributed by atoms with van der Waals surface area (Å²) in [6, 6.07) is 5.79. The maximum absolute atomic E-state index is 14.0. The maximum atomic E-state index is 14.0. The van der Waals surface area contributed by atoms with Crippen LogP contribution < -0.4 is 21.6 Å². The van der Waals surface area contributed by atoms with Crippen molar-refractivity contribution in [3.63, 3.8) is 0 Å². The Kier molecular flexibility index (Phi) is 4.44. The van der Waals surface area contributed by atoms with Crippen molar-refractivity contribution >= 4 is 11.7 Å². The standard InChI is InChI=1S/C17H14F6N4O2/c1-8-6-4-5-7-9(8)11-24-12-10(13(28)27(3)14(29)26(12)2)15(25-11,16(18,19)20)17(21,22)23/h4-7H,1-3H3,(H,24,25)/p+1. The number of nitrogens with one attached hydrogen (secondary N) is 2. The van der Waals surface area contributed by atoms with Crippen molar-refractivity contribution < 1.29 is 31.3 Å². The van der Waals surface area contributed by atoms with Gasteiger partial charge in [-0.1, -0.05) is 18.2 Å². The molecule has 0 spiro atoms. The highest BCUT2D eigenvalue weighted by molar-refractivity contribution is 6.06. The van der Waals surface area contributed by atoms with Gasteiger partial charge in [-0.3, -0.25) is 13.9 Å². The average molecular weight is 421 g/mol. The van der Waals surface area contributed by atoms with Gasteiger partial charge in [-0.15, -0.1) is 0 Å². The van der Waals surface area contributed by atoms with Crippen molar-refractivity contribution in [3.8, 4) is 0 Å². The van der Waals surface area contributed by atoms with E-state index < -0.39 is 46.4 Å². The van der Waals surface area contributed by atoms with Crippen LogP contribution in [-0.2, 0) is 19.6 Å². The number of anilines is 1. The van der Waals surface area contributed by atoms with E-state index in [4.69, 9.17) is 0 Å². The number of rotatable bonds is 1. The van der Waals surface area contributed by atoms with Crippen molar-refractivity contribution in [1.29, 1.82) is 0 Å². The van der Waals surface area contributed by atoms with E-state index in [-0.39, 0.29) is 10.1 Å². The topological polar surface area (TPSA) is 70.0 Å². The van der Waals surface area contributed by atoms with Crippen LogP contribution in [0.5, 0.6) is 0 Å². The van der Waals surface area contributed by atoms with Crippen LogP contribution >= 0.6 is 0 Å². The molecule has 0 saturated carbocycles. The second-order valence-corrected chi connectivity index (χ2v) is 6.61.